The maximum Gasteiger partial charge on any atom is 0.434 e. The Bertz CT molecular complexity index is 1380. The van der Waals surface area contributed by atoms with E-state index in [4.69, 9.17) is 15.2 Å². The Kier molecular flexibility index (Phi) is 5.78. The molecule has 0 aliphatic carbocycles. The van der Waals surface area contributed by atoms with Crippen LogP contribution >= 0.6 is 0 Å². The molecule has 1 aliphatic heterocycles. The molecular weight excluding hydrogens is 469 g/mol. The number of alkyl halides is 3. The summed E-state index contributed by atoms with van der Waals surface area (Å²) < 4.78 is 60.1. The van der Waals surface area contributed by atoms with Crippen LogP contribution in [0.4, 0.5) is 23.8 Å². The average Bonchev–Trinajstić information content (AvgIpc) is 3.31. The highest BCUT2D eigenvalue weighted by Gasteiger charge is 2.43. The number of halogens is 3. The number of rotatable bonds is 4. The number of pyridine rings is 1. The molecule has 0 spiro atoms. The van der Waals surface area contributed by atoms with Crippen molar-refractivity contribution in [1.29, 1.82) is 0 Å². The van der Waals surface area contributed by atoms with Gasteiger partial charge in [0, 0.05) is 16.9 Å². The molecule has 1 aliphatic rings. The van der Waals surface area contributed by atoms with E-state index in [0.717, 1.165) is 7.11 Å². The van der Waals surface area contributed by atoms with E-state index < -0.39 is 40.7 Å². The Morgan fingerprint density at radius 2 is 1.94 bits per heavy atom. The topological polar surface area (TPSA) is 118 Å². The summed E-state index contributed by atoms with van der Waals surface area (Å²) in [6, 6.07) is 3.41. The molecular formula is C23H23F3N4O5. The second kappa shape index (κ2) is 8.36. The normalized spacial score (nSPS) is 15.0. The second-order valence-electron chi connectivity index (χ2n) is 8.21. The Morgan fingerprint density at radius 1 is 1.26 bits per heavy atom. The Morgan fingerprint density at radius 3 is 2.51 bits per heavy atom. The minimum Gasteiger partial charge on any atom is -0.496 e. The lowest BCUT2D eigenvalue weighted by Crippen LogP contribution is -2.20. The summed E-state index contributed by atoms with van der Waals surface area (Å²) in [5.41, 5.74) is 5.25. The van der Waals surface area contributed by atoms with Crippen molar-refractivity contribution in [3.05, 3.63) is 40.2 Å². The smallest absolute Gasteiger partial charge is 0.434 e. The van der Waals surface area contributed by atoms with E-state index in [1.54, 1.807) is 32.9 Å². The van der Waals surface area contributed by atoms with Crippen LogP contribution in [0.25, 0.3) is 16.6 Å². The summed E-state index contributed by atoms with van der Waals surface area (Å²) >= 11 is 0. The van der Waals surface area contributed by atoms with Crippen LogP contribution in [0.15, 0.2) is 12.1 Å². The number of methoxy groups -OCH3 is 2. The molecule has 3 aromatic rings. The predicted octanol–water partition coefficient (Wildman–Crippen LogP) is 4.44. The van der Waals surface area contributed by atoms with Crippen LogP contribution in [0.1, 0.15) is 45.7 Å². The van der Waals surface area contributed by atoms with Crippen molar-refractivity contribution in [2.45, 2.75) is 32.9 Å². The maximum atomic E-state index is 14.3. The number of benzene rings is 1. The largest absolute Gasteiger partial charge is 0.496 e. The van der Waals surface area contributed by atoms with E-state index in [-0.39, 0.29) is 29.4 Å². The van der Waals surface area contributed by atoms with Crippen LogP contribution < -0.4 is 20.5 Å². The number of nitrogens with zero attached hydrogens (tertiary/aromatic N) is 2. The van der Waals surface area contributed by atoms with Crippen molar-refractivity contribution in [3.63, 3.8) is 0 Å². The third-order valence-electron chi connectivity index (χ3n) is 5.98. The first kappa shape index (κ1) is 24.2. The highest BCUT2D eigenvalue weighted by molar-refractivity contribution is 6.16. The minimum atomic E-state index is -4.94. The van der Waals surface area contributed by atoms with Gasteiger partial charge >= 0.3 is 12.3 Å². The summed E-state index contributed by atoms with van der Waals surface area (Å²) in [7, 11) is 2.53. The zero-order chi connectivity index (χ0) is 25.8. The van der Waals surface area contributed by atoms with Crippen molar-refractivity contribution in [2.24, 2.45) is 5.73 Å². The molecule has 9 nitrogen and oxygen atoms in total. The number of fused-ring (bicyclic) bond motifs is 3. The summed E-state index contributed by atoms with van der Waals surface area (Å²) in [6.45, 7) is 5.21. The first-order chi connectivity index (χ1) is 16.4. The van der Waals surface area contributed by atoms with Crippen molar-refractivity contribution in [1.82, 2.24) is 9.55 Å². The van der Waals surface area contributed by atoms with Gasteiger partial charge in [-0.15, -0.1) is 0 Å². The number of hydrogen-bond donors (Lipinski definition) is 2. The van der Waals surface area contributed by atoms with Crippen LogP contribution in [-0.4, -0.2) is 42.4 Å². The molecule has 1 atom stereocenters. The van der Waals surface area contributed by atoms with E-state index in [9.17, 15) is 22.8 Å². The van der Waals surface area contributed by atoms with Crippen LogP contribution in [0, 0.1) is 13.8 Å². The van der Waals surface area contributed by atoms with Gasteiger partial charge in [-0.3, -0.25) is 14.7 Å². The van der Waals surface area contributed by atoms with Gasteiger partial charge in [0.15, 0.2) is 11.4 Å². The van der Waals surface area contributed by atoms with Gasteiger partial charge in [-0.1, -0.05) is 13.0 Å². The number of anilines is 1. The van der Waals surface area contributed by atoms with Crippen molar-refractivity contribution in [2.75, 3.05) is 26.1 Å². The third kappa shape index (κ3) is 3.69. The zero-order valence-corrected chi connectivity index (χ0v) is 19.6. The van der Waals surface area contributed by atoms with E-state index >= 15 is 0 Å². The molecule has 0 bridgehead atoms. The van der Waals surface area contributed by atoms with Gasteiger partial charge in [0.2, 0.25) is 0 Å². The Hall–Kier alpha value is -3.96. The van der Waals surface area contributed by atoms with Gasteiger partial charge in [0.05, 0.1) is 37.8 Å². The van der Waals surface area contributed by atoms with Crippen LogP contribution in [0.2, 0.25) is 0 Å². The summed E-state index contributed by atoms with van der Waals surface area (Å²) in [4.78, 5) is 28.8. The molecule has 2 amide bonds. The van der Waals surface area contributed by atoms with E-state index in [1.165, 1.54) is 11.7 Å². The summed E-state index contributed by atoms with van der Waals surface area (Å²) in [6.07, 6.45) is -5.95. The fraction of sp³-hybridized carbons (Fsp3) is 0.348. The lowest BCUT2D eigenvalue weighted by atomic mass is 10.0. The highest BCUT2D eigenvalue weighted by atomic mass is 19.4. The van der Waals surface area contributed by atoms with E-state index in [1.807, 2.05) is 0 Å². The first-order valence-corrected chi connectivity index (χ1v) is 10.5. The number of aryl methyl sites for hydroxylation is 1. The van der Waals surface area contributed by atoms with Crippen LogP contribution in [0.5, 0.6) is 11.5 Å². The molecule has 0 fully saturated rings. The number of primary amides is 1. The molecule has 0 unspecified atom stereocenters. The lowest BCUT2D eigenvalue weighted by molar-refractivity contribution is -0.139. The Labute approximate surface area is 198 Å². The van der Waals surface area contributed by atoms with Gasteiger partial charge in [0.1, 0.15) is 17.1 Å². The first-order valence-electron chi connectivity index (χ1n) is 10.5. The summed E-state index contributed by atoms with van der Waals surface area (Å²) in [5, 5.41) is 1.80. The predicted molar refractivity (Wildman–Crippen MR) is 121 cm³/mol. The number of nitrogens with one attached hydrogen (secondary N) is 1. The molecule has 0 radical (unpaired) electrons. The molecule has 12 heteroatoms. The molecule has 4 rings (SSSR count). The monoisotopic (exact) mass is 492 g/mol. The fourth-order valence-electron chi connectivity index (χ4n) is 4.45. The van der Waals surface area contributed by atoms with E-state index in [2.05, 4.69) is 15.0 Å². The van der Waals surface area contributed by atoms with Gasteiger partial charge in [0.25, 0.3) is 5.91 Å². The molecule has 2 aromatic heterocycles. The summed E-state index contributed by atoms with van der Waals surface area (Å²) in [5.74, 6) is -1.43. The number of hydrogen-bond acceptors (Lipinski definition) is 6. The fourth-order valence-corrected chi connectivity index (χ4v) is 4.45. The number of nitrogens with two attached hydrogens (primary N) is 1. The van der Waals surface area contributed by atoms with Crippen molar-refractivity contribution < 1.29 is 37.0 Å². The molecule has 186 valence electrons. The van der Waals surface area contributed by atoms with Gasteiger partial charge in [-0.25, -0.2) is 9.78 Å². The van der Waals surface area contributed by atoms with Gasteiger partial charge < -0.3 is 19.9 Å². The standard InChI is InChI=1S/C23H23F3N4O5/c1-9-6-7-12(33-4)11(3)16(9)30-17-13(14(20(27)31)21(30)29-22(32)34-5)19(23(24,25)26)28-15-10(2)8-35-18(15)17/h6-7,10H,8H2,1-5H3,(H2,27,31)(H,29,32)/t10-/m0/s1. The Balaban J connectivity index is 2.33. The molecule has 0 saturated heterocycles. The van der Waals surface area contributed by atoms with Crippen LogP contribution in [-0.2, 0) is 10.9 Å². The number of carbonyl (C=O) groups excluding carboxylic acids is 2. The number of carbonyl (C=O) groups is 2. The zero-order valence-electron chi connectivity index (χ0n) is 19.6. The average molecular weight is 492 g/mol. The molecule has 35 heavy (non-hydrogen) atoms. The molecule has 0 saturated carbocycles. The third-order valence-corrected chi connectivity index (χ3v) is 5.98. The highest BCUT2D eigenvalue weighted by Crippen LogP contribution is 2.49. The number of amides is 2. The second-order valence-corrected chi connectivity index (χ2v) is 8.21. The quantitative estimate of drug-likeness (QED) is 0.556. The molecule has 3 N–H and O–H groups in total. The number of ether oxygens (including phenoxy) is 3. The van der Waals surface area contributed by atoms with Gasteiger partial charge in [-0.2, -0.15) is 13.2 Å². The minimum absolute atomic E-state index is 0.0718. The van der Waals surface area contributed by atoms with Crippen molar-refractivity contribution in [3.8, 4) is 17.2 Å². The maximum absolute atomic E-state index is 14.3. The lowest BCUT2D eigenvalue weighted by Gasteiger charge is -2.19. The van der Waals surface area contributed by atoms with Crippen molar-refractivity contribution >= 4 is 28.7 Å². The number of aromatic nitrogens is 2. The SMILES string of the molecule is COC(=O)Nc1c(C(N)=O)c2c(C(F)(F)F)nc3c(c2n1-c1c(C)ccc(OC)c1C)OC[C@@H]3C. The van der Waals surface area contributed by atoms with Gasteiger partial charge in [-0.05, 0) is 25.5 Å². The van der Waals surface area contributed by atoms with E-state index in [0.29, 0.717) is 22.6 Å². The molecule has 1 aromatic carbocycles. The van der Waals surface area contributed by atoms with Crippen LogP contribution in [0.3, 0.4) is 0 Å². The molecule has 3 heterocycles.